The largest absolute Gasteiger partial charge is 0.308 e. The standard InChI is InChI=1S/C37H27NS/c1-37(2)30-20-10-8-18-29(30)35-27-17-7-6-15-25(27)33(23-31(35)37)38(24-13-4-3-5-14-24)32-21-12-19-28-26-16-9-11-22-34(26)39-36(28)32/h3-23H,1-2H3. The Kier molecular flexibility index (Phi) is 4.80. The van der Waals surface area contributed by atoms with Gasteiger partial charge in [-0.2, -0.15) is 0 Å². The molecule has 1 heterocycles. The first kappa shape index (κ1) is 22.6. The van der Waals surface area contributed by atoms with E-state index in [1.807, 2.05) is 11.3 Å². The molecule has 0 spiro atoms. The molecular weight excluding hydrogens is 490 g/mol. The van der Waals surface area contributed by atoms with E-state index >= 15 is 0 Å². The lowest BCUT2D eigenvalue weighted by Crippen LogP contribution is -2.17. The van der Waals surface area contributed by atoms with E-state index in [4.69, 9.17) is 0 Å². The van der Waals surface area contributed by atoms with Gasteiger partial charge in [-0.3, -0.25) is 0 Å². The maximum atomic E-state index is 2.49. The van der Waals surface area contributed by atoms with Crippen LogP contribution < -0.4 is 4.90 Å². The average Bonchev–Trinajstić information content (AvgIpc) is 3.47. The molecule has 0 unspecified atom stereocenters. The third kappa shape index (κ3) is 3.19. The van der Waals surface area contributed by atoms with Gasteiger partial charge in [-0.15, -0.1) is 11.3 Å². The first-order valence-electron chi connectivity index (χ1n) is 13.5. The van der Waals surface area contributed by atoms with Crippen LogP contribution >= 0.6 is 11.3 Å². The van der Waals surface area contributed by atoms with E-state index < -0.39 is 0 Å². The van der Waals surface area contributed by atoms with Gasteiger partial charge in [0.05, 0.1) is 16.1 Å². The van der Waals surface area contributed by atoms with Crippen molar-refractivity contribution < 1.29 is 0 Å². The molecule has 1 aliphatic carbocycles. The first-order valence-corrected chi connectivity index (χ1v) is 14.4. The third-order valence-electron chi connectivity index (χ3n) is 8.45. The molecule has 1 nitrogen and oxygen atoms in total. The van der Waals surface area contributed by atoms with Crippen LogP contribution in [0.2, 0.25) is 0 Å². The smallest absolute Gasteiger partial charge is 0.0640 e. The van der Waals surface area contributed by atoms with Gasteiger partial charge in [0.25, 0.3) is 0 Å². The van der Waals surface area contributed by atoms with Gasteiger partial charge >= 0.3 is 0 Å². The van der Waals surface area contributed by atoms with Crippen molar-refractivity contribution >= 4 is 59.3 Å². The van der Waals surface area contributed by atoms with Crippen LogP contribution in [0.25, 0.3) is 42.1 Å². The fourth-order valence-electron chi connectivity index (χ4n) is 6.61. The quantitative estimate of drug-likeness (QED) is 0.225. The Morgan fingerprint density at radius 3 is 2.05 bits per heavy atom. The zero-order chi connectivity index (χ0) is 26.1. The Hall–Kier alpha value is -4.40. The highest BCUT2D eigenvalue weighted by Crippen LogP contribution is 2.55. The molecular formula is C37H27NS. The van der Waals surface area contributed by atoms with Crippen molar-refractivity contribution in [2.24, 2.45) is 0 Å². The SMILES string of the molecule is CC1(C)c2ccccc2-c2c1cc(N(c1ccccc1)c1cccc3c1sc1ccccc13)c1ccccc21. The predicted octanol–water partition coefficient (Wildman–Crippen LogP) is 11.0. The lowest BCUT2D eigenvalue weighted by Gasteiger charge is -2.30. The summed E-state index contributed by atoms with van der Waals surface area (Å²) in [5.74, 6) is 0. The molecule has 2 heteroatoms. The Morgan fingerprint density at radius 2 is 1.21 bits per heavy atom. The Morgan fingerprint density at radius 1 is 0.538 bits per heavy atom. The van der Waals surface area contributed by atoms with Crippen LogP contribution in [0.1, 0.15) is 25.0 Å². The summed E-state index contributed by atoms with van der Waals surface area (Å²) in [7, 11) is 0. The molecule has 186 valence electrons. The number of hydrogen-bond acceptors (Lipinski definition) is 2. The highest BCUT2D eigenvalue weighted by molar-refractivity contribution is 7.26. The van der Waals surface area contributed by atoms with Gasteiger partial charge < -0.3 is 4.90 Å². The normalized spacial score (nSPS) is 13.6. The Balaban J connectivity index is 1.49. The van der Waals surface area contributed by atoms with E-state index in [1.165, 1.54) is 70.3 Å². The van der Waals surface area contributed by atoms with Gasteiger partial charge in [-0.1, -0.05) is 111 Å². The molecule has 6 aromatic carbocycles. The van der Waals surface area contributed by atoms with Gasteiger partial charge in [0.2, 0.25) is 0 Å². The van der Waals surface area contributed by atoms with Crippen LogP contribution in [0.5, 0.6) is 0 Å². The topological polar surface area (TPSA) is 3.24 Å². The predicted molar refractivity (Wildman–Crippen MR) is 169 cm³/mol. The second-order valence-electron chi connectivity index (χ2n) is 11.0. The van der Waals surface area contributed by atoms with Crippen LogP contribution in [-0.2, 0) is 5.41 Å². The molecule has 0 atom stereocenters. The summed E-state index contributed by atoms with van der Waals surface area (Å²) < 4.78 is 2.64. The lowest BCUT2D eigenvalue weighted by molar-refractivity contribution is 0.661. The number of thiophene rings is 1. The van der Waals surface area contributed by atoms with E-state index in [-0.39, 0.29) is 5.41 Å². The molecule has 0 radical (unpaired) electrons. The molecule has 0 saturated carbocycles. The minimum Gasteiger partial charge on any atom is -0.308 e. The van der Waals surface area contributed by atoms with Crippen LogP contribution in [-0.4, -0.2) is 0 Å². The summed E-state index contributed by atoms with van der Waals surface area (Å²) in [6.45, 7) is 4.74. The highest BCUT2D eigenvalue weighted by Gasteiger charge is 2.37. The molecule has 0 bridgehead atoms. The number of anilines is 3. The number of fused-ring (bicyclic) bond motifs is 8. The molecule has 0 aliphatic heterocycles. The molecule has 39 heavy (non-hydrogen) atoms. The van der Waals surface area contributed by atoms with Gasteiger partial charge in [-0.25, -0.2) is 0 Å². The van der Waals surface area contributed by atoms with Crippen molar-refractivity contribution in [1.29, 1.82) is 0 Å². The van der Waals surface area contributed by atoms with Crippen LogP contribution in [0.3, 0.4) is 0 Å². The summed E-state index contributed by atoms with van der Waals surface area (Å²) in [5.41, 5.74) is 9.06. The van der Waals surface area contributed by atoms with Crippen molar-refractivity contribution in [1.82, 2.24) is 0 Å². The average molecular weight is 518 g/mol. The number of hydrogen-bond donors (Lipinski definition) is 0. The first-order chi connectivity index (χ1) is 19.1. The molecule has 1 aromatic heterocycles. The summed E-state index contributed by atoms with van der Waals surface area (Å²) in [4.78, 5) is 2.49. The van der Waals surface area contributed by atoms with E-state index in [0.29, 0.717) is 0 Å². The maximum absolute atomic E-state index is 2.49. The second-order valence-corrected chi connectivity index (χ2v) is 12.0. The fourth-order valence-corrected chi connectivity index (χ4v) is 7.82. The molecule has 0 fully saturated rings. The van der Waals surface area contributed by atoms with Crippen molar-refractivity contribution in [3.63, 3.8) is 0 Å². The van der Waals surface area contributed by atoms with Crippen LogP contribution in [0.4, 0.5) is 17.1 Å². The van der Waals surface area contributed by atoms with Crippen LogP contribution in [0.15, 0.2) is 127 Å². The highest BCUT2D eigenvalue weighted by atomic mass is 32.1. The fraction of sp³-hybridized carbons (Fsp3) is 0.0811. The van der Waals surface area contributed by atoms with Gasteiger partial charge in [0.15, 0.2) is 0 Å². The number of para-hydroxylation sites is 1. The molecule has 7 aromatic rings. The summed E-state index contributed by atoms with van der Waals surface area (Å²) in [5, 5.41) is 5.22. The molecule has 8 rings (SSSR count). The zero-order valence-electron chi connectivity index (χ0n) is 22.0. The summed E-state index contributed by atoms with van der Waals surface area (Å²) in [6, 6.07) is 46.7. The Labute approximate surface area is 232 Å². The molecule has 0 amide bonds. The van der Waals surface area contributed by atoms with Crippen molar-refractivity contribution in [3.8, 4) is 11.1 Å². The second kappa shape index (κ2) is 8.30. The van der Waals surface area contributed by atoms with Gasteiger partial charge in [-0.05, 0) is 58.0 Å². The minimum atomic E-state index is -0.0866. The number of rotatable bonds is 3. The number of nitrogens with zero attached hydrogens (tertiary/aromatic N) is 1. The zero-order valence-corrected chi connectivity index (χ0v) is 22.8. The lowest BCUT2D eigenvalue weighted by atomic mass is 9.81. The molecule has 1 aliphatic rings. The number of benzene rings is 6. The Bertz CT molecular complexity index is 2050. The molecule has 0 N–H and O–H groups in total. The maximum Gasteiger partial charge on any atom is 0.0640 e. The molecule has 0 saturated heterocycles. The summed E-state index contributed by atoms with van der Waals surface area (Å²) >= 11 is 1.88. The van der Waals surface area contributed by atoms with Gasteiger partial charge in [0.1, 0.15) is 0 Å². The summed E-state index contributed by atoms with van der Waals surface area (Å²) in [6.07, 6.45) is 0. The van der Waals surface area contributed by atoms with Crippen molar-refractivity contribution in [3.05, 3.63) is 139 Å². The van der Waals surface area contributed by atoms with Crippen molar-refractivity contribution in [2.75, 3.05) is 4.90 Å². The monoisotopic (exact) mass is 517 g/mol. The van der Waals surface area contributed by atoms with Crippen molar-refractivity contribution in [2.45, 2.75) is 19.3 Å². The van der Waals surface area contributed by atoms with E-state index in [0.717, 1.165) is 0 Å². The van der Waals surface area contributed by atoms with Crippen LogP contribution in [0, 0.1) is 0 Å². The van der Waals surface area contributed by atoms with E-state index in [1.54, 1.807) is 0 Å². The van der Waals surface area contributed by atoms with E-state index in [2.05, 4.69) is 146 Å². The third-order valence-corrected chi connectivity index (χ3v) is 9.65. The minimum absolute atomic E-state index is 0.0866. The van der Waals surface area contributed by atoms with E-state index in [9.17, 15) is 0 Å². The van der Waals surface area contributed by atoms with Gasteiger partial charge in [0, 0.05) is 32.0 Å².